The van der Waals surface area contributed by atoms with E-state index in [1.54, 1.807) is 11.0 Å². The number of carbonyl (C=O) groups excluding carboxylic acids is 1. The summed E-state index contributed by atoms with van der Waals surface area (Å²) in [6.07, 6.45) is 4.87. The zero-order valence-corrected chi connectivity index (χ0v) is 17.0. The molecule has 1 aliphatic carbocycles. The van der Waals surface area contributed by atoms with Gasteiger partial charge in [-0.15, -0.1) is 0 Å². The fourth-order valence-electron chi connectivity index (χ4n) is 4.78. The summed E-state index contributed by atoms with van der Waals surface area (Å²) in [5.74, 6) is -0.896. The van der Waals surface area contributed by atoms with Crippen molar-refractivity contribution in [2.45, 2.75) is 77.0 Å². The van der Waals surface area contributed by atoms with Crippen LogP contribution in [0.15, 0.2) is 24.3 Å². The maximum Gasteiger partial charge on any atom is 0.320 e. The fraction of sp³-hybridized carbons (Fsp3) is 0.636. The van der Waals surface area contributed by atoms with Crippen molar-refractivity contribution in [2.24, 2.45) is 5.92 Å². The highest BCUT2D eigenvalue weighted by Gasteiger charge is 2.46. The lowest BCUT2D eigenvalue weighted by atomic mass is 9.85. The second-order valence-electron chi connectivity index (χ2n) is 9.15. The molecule has 1 saturated heterocycles. The number of likely N-dealkylation sites (tertiary alicyclic amines) is 1. The van der Waals surface area contributed by atoms with Crippen molar-refractivity contribution in [1.29, 1.82) is 0 Å². The third kappa shape index (κ3) is 4.54. The van der Waals surface area contributed by atoms with Gasteiger partial charge < -0.3 is 10.0 Å². The number of hydrogen-bond acceptors (Lipinski definition) is 3. The van der Waals surface area contributed by atoms with Gasteiger partial charge in [0.15, 0.2) is 0 Å². The largest absolute Gasteiger partial charge is 0.480 e. The molecule has 2 fully saturated rings. The number of fused-ring (bicyclic) bond motifs is 1. The van der Waals surface area contributed by atoms with Crippen LogP contribution in [-0.2, 0) is 16.1 Å². The van der Waals surface area contributed by atoms with Gasteiger partial charge in [-0.05, 0) is 63.6 Å². The summed E-state index contributed by atoms with van der Waals surface area (Å²) in [4.78, 5) is 28.7. The molecule has 0 radical (unpaired) electrons. The first-order valence-corrected chi connectivity index (χ1v) is 10.2. The monoisotopic (exact) mass is 390 g/mol. The summed E-state index contributed by atoms with van der Waals surface area (Å²) >= 11 is 0. The van der Waals surface area contributed by atoms with Gasteiger partial charge in [0.25, 0.3) is 0 Å². The standard InChI is InChI=1S/C22H31FN2O3/c1-22(2,3)25(13-15-7-6-9-17(23)11-15)20(26)14-24-18-10-5-4-8-16(18)12-19(24)21(27)28/h6-7,9,11,16,18-19H,4-5,8,10,12-14H2,1-3H3,(H,27,28). The third-order valence-corrected chi connectivity index (χ3v) is 6.16. The molecule has 3 unspecified atom stereocenters. The topological polar surface area (TPSA) is 60.9 Å². The number of benzene rings is 1. The maximum absolute atomic E-state index is 13.6. The van der Waals surface area contributed by atoms with Crippen LogP contribution in [0.3, 0.4) is 0 Å². The highest BCUT2D eigenvalue weighted by Crippen LogP contribution is 2.39. The molecule has 0 spiro atoms. The minimum Gasteiger partial charge on any atom is -0.480 e. The van der Waals surface area contributed by atoms with Crippen LogP contribution in [0.5, 0.6) is 0 Å². The van der Waals surface area contributed by atoms with E-state index >= 15 is 0 Å². The lowest BCUT2D eigenvalue weighted by molar-refractivity contribution is -0.145. The predicted octanol–water partition coefficient (Wildman–Crippen LogP) is 3.67. The molecule has 1 aromatic carbocycles. The van der Waals surface area contributed by atoms with E-state index in [4.69, 9.17) is 0 Å². The van der Waals surface area contributed by atoms with Gasteiger partial charge in [-0.25, -0.2) is 4.39 Å². The summed E-state index contributed by atoms with van der Waals surface area (Å²) in [5.41, 5.74) is 0.281. The van der Waals surface area contributed by atoms with Gasteiger partial charge in [-0.1, -0.05) is 25.0 Å². The Bertz CT molecular complexity index is 731. The van der Waals surface area contributed by atoms with Crippen LogP contribution in [0.25, 0.3) is 0 Å². The second kappa shape index (κ2) is 8.19. The normalized spacial score (nSPS) is 25.4. The van der Waals surface area contributed by atoms with Crippen LogP contribution in [0.4, 0.5) is 4.39 Å². The molecule has 0 bridgehead atoms. The van der Waals surface area contributed by atoms with Crippen molar-refractivity contribution in [3.8, 4) is 0 Å². The molecule has 6 heteroatoms. The SMILES string of the molecule is CC(C)(C)N(Cc1cccc(F)c1)C(=O)CN1C(C(=O)O)CC2CCCCC21. The number of amides is 1. The van der Waals surface area contributed by atoms with Gasteiger partial charge in [-0.2, -0.15) is 0 Å². The Morgan fingerprint density at radius 2 is 1.96 bits per heavy atom. The van der Waals surface area contributed by atoms with Gasteiger partial charge >= 0.3 is 5.97 Å². The number of aliphatic carboxylic acids is 1. The van der Waals surface area contributed by atoms with E-state index in [2.05, 4.69) is 0 Å². The lowest BCUT2D eigenvalue weighted by Crippen LogP contribution is -2.52. The molecule has 3 atom stereocenters. The number of carboxylic acid groups (broad SMARTS) is 1. The minimum absolute atomic E-state index is 0.102. The molecule has 1 aliphatic heterocycles. The quantitative estimate of drug-likeness (QED) is 0.833. The molecule has 0 aromatic heterocycles. The molecule has 1 N–H and O–H groups in total. The van der Waals surface area contributed by atoms with E-state index in [1.807, 2.05) is 31.7 Å². The number of halogens is 1. The lowest BCUT2D eigenvalue weighted by Gasteiger charge is -2.39. The molecule has 3 rings (SSSR count). The van der Waals surface area contributed by atoms with Crippen LogP contribution >= 0.6 is 0 Å². The van der Waals surface area contributed by atoms with Crippen molar-refractivity contribution in [3.63, 3.8) is 0 Å². The predicted molar refractivity (Wildman–Crippen MR) is 105 cm³/mol. The summed E-state index contributed by atoms with van der Waals surface area (Å²) in [6, 6.07) is 5.87. The smallest absolute Gasteiger partial charge is 0.320 e. The first kappa shape index (κ1) is 20.8. The van der Waals surface area contributed by atoms with Crippen molar-refractivity contribution < 1.29 is 19.1 Å². The Morgan fingerprint density at radius 3 is 2.61 bits per heavy atom. The Balaban J connectivity index is 1.79. The third-order valence-electron chi connectivity index (χ3n) is 6.16. The minimum atomic E-state index is -0.838. The molecular formula is C22H31FN2O3. The van der Waals surface area contributed by atoms with Gasteiger partial charge in [0.2, 0.25) is 5.91 Å². The zero-order valence-electron chi connectivity index (χ0n) is 17.0. The molecule has 154 valence electrons. The number of carbonyl (C=O) groups is 2. The van der Waals surface area contributed by atoms with Gasteiger partial charge in [0.1, 0.15) is 11.9 Å². The molecule has 2 aliphatic rings. The van der Waals surface area contributed by atoms with Crippen LogP contribution < -0.4 is 0 Å². The first-order chi connectivity index (χ1) is 13.2. The van der Waals surface area contributed by atoms with Crippen molar-refractivity contribution in [1.82, 2.24) is 9.80 Å². The maximum atomic E-state index is 13.6. The number of carboxylic acids is 1. The van der Waals surface area contributed by atoms with E-state index in [0.717, 1.165) is 31.2 Å². The van der Waals surface area contributed by atoms with Crippen molar-refractivity contribution in [3.05, 3.63) is 35.6 Å². The molecule has 1 heterocycles. The number of rotatable bonds is 5. The first-order valence-electron chi connectivity index (χ1n) is 10.2. The van der Waals surface area contributed by atoms with E-state index < -0.39 is 17.6 Å². The number of hydrogen-bond donors (Lipinski definition) is 1. The molecule has 1 amide bonds. The number of nitrogens with zero attached hydrogens (tertiary/aromatic N) is 2. The average Bonchev–Trinajstić information content (AvgIpc) is 2.98. The van der Waals surface area contributed by atoms with Crippen LogP contribution in [-0.4, -0.2) is 51.0 Å². The van der Waals surface area contributed by atoms with E-state index in [0.29, 0.717) is 18.9 Å². The Kier molecular flexibility index (Phi) is 6.08. The molecule has 5 nitrogen and oxygen atoms in total. The molecular weight excluding hydrogens is 359 g/mol. The zero-order chi connectivity index (χ0) is 20.5. The average molecular weight is 390 g/mol. The Morgan fingerprint density at radius 1 is 1.25 bits per heavy atom. The van der Waals surface area contributed by atoms with E-state index in [9.17, 15) is 19.1 Å². The highest BCUT2D eigenvalue weighted by atomic mass is 19.1. The Labute approximate surface area is 166 Å². The summed E-state index contributed by atoms with van der Waals surface area (Å²) in [5, 5.41) is 9.70. The van der Waals surface area contributed by atoms with E-state index in [1.165, 1.54) is 12.1 Å². The summed E-state index contributed by atoms with van der Waals surface area (Å²) in [7, 11) is 0. The molecule has 28 heavy (non-hydrogen) atoms. The fourth-order valence-corrected chi connectivity index (χ4v) is 4.78. The van der Waals surface area contributed by atoms with Gasteiger partial charge in [0, 0.05) is 18.1 Å². The highest BCUT2D eigenvalue weighted by molar-refractivity contribution is 5.81. The van der Waals surface area contributed by atoms with Crippen molar-refractivity contribution in [2.75, 3.05) is 6.54 Å². The summed E-state index contributed by atoms with van der Waals surface area (Å²) in [6.45, 7) is 6.26. The van der Waals surface area contributed by atoms with Gasteiger partial charge in [-0.3, -0.25) is 14.5 Å². The van der Waals surface area contributed by atoms with Gasteiger partial charge in [0.05, 0.1) is 6.54 Å². The Hall–Kier alpha value is -1.95. The molecule has 1 saturated carbocycles. The van der Waals surface area contributed by atoms with Crippen LogP contribution in [0, 0.1) is 11.7 Å². The van der Waals surface area contributed by atoms with Crippen LogP contribution in [0.2, 0.25) is 0 Å². The van der Waals surface area contributed by atoms with E-state index in [-0.39, 0.29) is 24.3 Å². The summed E-state index contributed by atoms with van der Waals surface area (Å²) < 4.78 is 13.6. The van der Waals surface area contributed by atoms with Crippen molar-refractivity contribution >= 4 is 11.9 Å². The molecule has 1 aromatic rings. The van der Waals surface area contributed by atoms with Crippen LogP contribution in [0.1, 0.15) is 58.4 Å². The second-order valence-corrected chi connectivity index (χ2v) is 9.15.